The van der Waals surface area contributed by atoms with Gasteiger partial charge in [0.15, 0.2) is 5.69 Å². The molecule has 1 aliphatic heterocycles. The van der Waals surface area contributed by atoms with Crippen LogP contribution in [-0.4, -0.2) is 51.1 Å². The lowest BCUT2D eigenvalue weighted by Gasteiger charge is -2.27. The highest BCUT2D eigenvalue weighted by Gasteiger charge is 2.29. The molecule has 3 rings (SSSR count). The first kappa shape index (κ1) is 17.3. The normalized spacial score (nSPS) is 13.4. The summed E-state index contributed by atoms with van der Waals surface area (Å²) in [5, 5.41) is 13.3. The number of aromatic nitrogens is 2. The Morgan fingerprint density at radius 2 is 2.20 bits per heavy atom. The third-order valence-electron chi connectivity index (χ3n) is 4.20. The fourth-order valence-electron chi connectivity index (χ4n) is 2.90. The van der Waals surface area contributed by atoms with E-state index in [0.29, 0.717) is 30.8 Å². The number of carbonyl (C=O) groups is 2. The summed E-state index contributed by atoms with van der Waals surface area (Å²) in [6.07, 6.45) is 0.613. The summed E-state index contributed by atoms with van der Waals surface area (Å²) in [5.74, 6) is -0.0253. The number of amides is 1. The third kappa shape index (κ3) is 3.63. The molecule has 1 N–H and O–H groups in total. The maximum Gasteiger partial charge on any atom is 0.356 e. The van der Waals surface area contributed by atoms with Crippen LogP contribution in [0.1, 0.15) is 21.7 Å². The fourth-order valence-corrected chi connectivity index (χ4v) is 3.75. The average Bonchev–Trinajstić information content (AvgIpc) is 2.96. The van der Waals surface area contributed by atoms with E-state index in [2.05, 4.69) is 5.10 Å². The maximum atomic E-state index is 12.5. The number of carboxylic acids is 1. The lowest BCUT2D eigenvalue weighted by Crippen LogP contribution is -2.37. The van der Waals surface area contributed by atoms with Crippen molar-refractivity contribution in [3.63, 3.8) is 0 Å². The largest absolute Gasteiger partial charge is 0.497 e. The zero-order valence-corrected chi connectivity index (χ0v) is 14.9. The van der Waals surface area contributed by atoms with Crippen LogP contribution in [0.5, 0.6) is 5.75 Å². The van der Waals surface area contributed by atoms with Crippen LogP contribution in [0.3, 0.4) is 0 Å². The van der Waals surface area contributed by atoms with Crippen molar-refractivity contribution in [3.8, 4) is 5.75 Å². The number of carbonyl (C=O) groups excluding carboxylic acids is 1. The molecule has 0 aliphatic carbocycles. The van der Waals surface area contributed by atoms with Crippen LogP contribution >= 0.6 is 11.8 Å². The summed E-state index contributed by atoms with van der Waals surface area (Å²) in [6.45, 7) is 0.866. The molecular formula is C17H19N3O4S. The highest BCUT2D eigenvalue weighted by atomic mass is 32.2. The van der Waals surface area contributed by atoms with E-state index < -0.39 is 5.97 Å². The highest BCUT2D eigenvalue weighted by molar-refractivity contribution is 8.00. The van der Waals surface area contributed by atoms with E-state index in [1.807, 2.05) is 24.3 Å². The average molecular weight is 361 g/mol. The van der Waals surface area contributed by atoms with E-state index in [9.17, 15) is 14.7 Å². The second-order valence-electron chi connectivity index (χ2n) is 5.74. The van der Waals surface area contributed by atoms with Gasteiger partial charge in [0.25, 0.3) is 0 Å². The smallest absolute Gasteiger partial charge is 0.356 e. The molecule has 0 fully saturated rings. The van der Waals surface area contributed by atoms with E-state index in [4.69, 9.17) is 4.74 Å². The van der Waals surface area contributed by atoms with E-state index in [1.54, 1.807) is 23.7 Å². The van der Waals surface area contributed by atoms with Gasteiger partial charge in [-0.15, -0.1) is 11.8 Å². The van der Waals surface area contributed by atoms with Crippen molar-refractivity contribution in [3.05, 3.63) is 41.2 Å². The van der Waals surface area contributed by atoms with Gasteiger partial charge in [0, 0.05) is 42.7 Å². The minimum absolute atomic E-state index is 0.0151. The molecule has 1 aromatic carbocycles. The number of methoxy groups -OCH3 is 1. The van der Waals surface area contributed by atoms with Gasteiger partial charge in [-0.05, 0) is 18.2 Å². The molecular weight excluding hydrogens is 342 g/mol. The number of nitrogens with zero attached hydrogens (tertiary/aromatic N) is 3. The molecule has 0 atom stereocenters. The number of thioether (sulfide) groups is 1. The van der Waals surface area contributed by atoms with E-state index >= 15 is 0 Å². The van der Waals surface area contributed by atoms with Crippen molar-refractivity contribution >= 4 is 23.6 Å². The Morgan fingerprint density at radius 1 is 1.40 bits per heavy atom. The molecule has 0 radical (unpaired) electrons. The molecule has 1 aromatic heterocycles. The molecule has 8 heteroatoms. The first-order valence-electron chi connectivity index (χ1n) is 7.82. The van der Waals surface area contributed by atoms with Crippen molar-refractivity contribution in [1.29, 1.82) is 0 Å². The second-order valence-corrected chi connectivity index (χ2v) is 6.78. The first-order chi connectivity index (χ1) is 12.0. The molecule has 132 valence electrons. The van der Waals surface area contributed by atoms with Crippen LogP contribution < -0.4 is 4.74 Å². The number of hydrogen-bond donors (Lipinski definition) is 1. The Morgan fingerprint density at radius 3 is 2.92 bits per heavy atom. The number of ether oxygens (including phenoxy) is 1. The summed E-state index contributed by atoms with van der Waals surface area (Å²) >= 11 is 1.44. The Kier molecular flexibility index (Phi) is 4.98. The number of hydrogen-bond acceptors (Lipinski definition) is 5. The van der Waals surface area contributed by atoms with Crippen molar-refractivity contribution in [2.24, 2.45) is 7.05 Å². The Hall–Kier alpha value is -2.48. The van der Waals surface area contributed by atoms with Gasteiger partial charge >= 0.3 is 5.97 Å². The number of aromatic carboxylic acids is 1. The molecule has 1 amide bonds. The van der Waals surface area contributed by atoms with Gasteiger partial charge in [0.1, 0.15) is 5.75 Å². The maximum absolute atomic E-state index is 12.5. The summed E-state index contributed by atoms with van der Waals surface area (Å²) in [5.41, 5.74) is 1.57. The van der Waals surface area contributed by atoms with E-state index in [0.717, 1.165) is 16.3 Å². The summed E-state index contributed by atoms with van der Waals surface area (Å²) in [7, 11) is 3.34. The SMILES string of the molecule is COc1cccc(SCC(=O)N2CCc3c(c(C(=O)O)nn3C)C2)c1. The van der Waals surface area contributed by atoms with Gasteiger partial charge in [-0.25, -0.2) is 4.79 Å². The molecule has 25 heavy (non-hydrogen) atoms. The molecule has 7 nitrogen and oxygen atoms in total. The summed E-state index contributed by atoms with van der Waals surface area (Å²) in [6, 6.07) is 7.55. The summed E-state index contributed by atoms with van der Waals surface area (Å²) in [4.78, 5) is 26.5. The Balaban J connectivity index is 1.67. The number of carboxylic acid groups (broad SMARTS) is 1. The van der Waals surface area contributed by atoms with Crippen LogP contribution in [0.25, 0.3) is 0 Å². The zero-order valence-electron chi connectivity index (χ0n) is 14.1. The first-order valence-corrected chi connectivity index (χ1v) is 8.81. The molecule has 2 heterocycles. The molecule has 0 saturated heterocycles. The van der Waals surface area contributed by atoms with E-state index in [-0.39, 0.29) is 11.6 Å². The van der Waals surface area contributed by atoms with Gasteiger partial charge in [-0.1, -0.05) is 6.07 Å². The highest BCUT2D eigenvalue weighted by Crippen LogP contribution is 2.26. The fraction of sp³-hybridized carbons (Fsp3) is 0.353. The van der Waals surface area contributed by atoms with Gasteiger partial charge in [0.2, 0.25) is 5.91 Å². The Bertz CT molecular complexity index is 818. The minimum Gasteiger partial charge on any atom is -0.497 e. The van der Waals surface area contributed by atoms with Crippen LogP contribution in [0, 0.1) is 0 Å². The van der Waals surface area contributed by atoms with Crippen molar-refractivity contribution < 1.29 is 19.4 Å². The van der Waals surface area contributed by atoms with Crippen LogP contribution in [0.4, 0.5) is 0 Å². The van der Waals surface area contributed by atoms with Crippen molar-refractivity contribution in [2.45, 2.75) is 17.9 Å². The van der Waals surface area contributed by atoms with E-state index in [1.165, 1.54) is 11.8 Å². The van der Waals surface area contributed by atoms with Crippen LogP contribution in [-0.2, 0) is 24.8 Å². The third-order valence-corrected chi connectivity index (χ3v) is 5.18. The predicted octanol–water partition coefficient (Wildman–Crippen LogP) is 1.80. The van der Waals surface area contributed by atoms with Crippen LogP contribution in [0.2, 0.25) is 0 Å². The zero-order chi connectivity index (χ0) is 18.0. The minimum atomic E-state index is -1.06. The van der Waals surface area contributed by atoms with Crippen molar-refractivity contribution in [1.82, 2.24) is 14.7 Å². The molecule has 2 aromatic rings. The van der Waals surface area contributed by atoms with Gasteiger partial charge in [0.05, 0.1) is 12.9 Å². The number of aryl methyl sites for hydroxylation is 1. The second kappa shape index (κ2) is 7.18. The van der Waals surface area contributed by atoms with Crippen molar-refractivity contribution in [2.75, 3.05) is 19.4 Å². The number of fused-ring (bicyclic) bond motifs is 1. The number of benzene rings is 1. The molecule has 0 spiro atoms. The molecule has 0 bridgehead atoms. The van der Waals surface area contributed by atoms with Gasteiger partial charge in [-0.3, -0.25) is 9.48 Å². The lowest BCUT2D eigenvalue weighted by atomic mass is 10.1. The van der Waals surface area contributed by atoms with Gasteiger partial charge < -0.3 is 14.7 Å². The molecule has 0 unspecified atom stereocenters. The monoisotopic (exact) mass is 361 g/mol. The van der Waals surface area contributed by atoms with Gasteiger partial charge in [-0.2, -0.15) is 5.10 Å². The van der Waals surface area contributed by atoms with Crippen LogP contribution in [0.15, 0.2) is 29.2 Å². The topological polar surface area (TPSA) is 84.7 Å². The predicted molar refractivity (Wildman–Crippen MR) is 93.0 cm³/mol. The molecule has 0 saturated carbocycles. The standard InChI is InChI=1S/C17H19N3O4S/c1-19-14-6-7-20(9-13(14)16(18-19)17(22)23)15(21)10-25-12-5-3-4-11(8-12)24-2/h3-5,8H,6-7,9-10H2,1-2H3,(H,22,23). The summed E-state index contributed by atoms with van der Waals surface area (Å²) < 4.78 is 6.78. The number of rotatable bonds is 5. The Labute approximate surface area is 149 Å². The molecule has 1 aliphatic rings. The quantitative estimate of drug-likeness (QED) is 0.818. The lowest BCUT2D eigenvalue weighted by molar-refractivity contribution is -0.129.